The van der Waals surface area contributed by atoms with E-state index in [0.717, 1.165) is 23.3 Å². The molecule has 0 saturated carbocycles. The van der Waals surface area contributed by atoms with Gasteiger partial charge in [-0.1, -0.05) is 60.6 Å². The smallest absolute Gasteiger partial charge is 0.230 e. The number of amides is 1. The number of ether oxygens (including phenoxy) is 1. The van der Waals surface area contributed by atoms with E-state index in [9.17, 15) is 4.79 Å². The van der Waals surface area contributed by atoms with Crippen LogP contribution in [0.25, 0.3) is 11.4 Å². The van der Waals surface area contributed by atoms with Gasteiger partial charge in [0.05, 0.1) is 24.5 Å². The van der Waals surface area contributed by atoms with Crippen molar-refractivity contribution in [3.8, 4) is 17.1 Å². The Morgan fingerprint density at radius 1 is 1.17 bits per heavy atom. The molecule has 29 heavy (non-hydrogen) atoms. The number of hydrogen-bond donors (Lipinski definition) is 1. The van der Waals surface area contributed by atoms with Gasteiger partial charge in [-0.3, -0.25) is 4.79 Å². The van der Waals surface area contributed by atoms with Crippen LogP contribution in [-0.4, -0.2) is 33.5 Å². The molecular weight excluding hydrogens is 384 g/mol. The average Bonchev–Trinajstić information content (AvgIpc) is 3.11. The highest BCUT2D eigenvalue weighted by atomic mass is 32.2. The normalized spacial score (nSPS) is 11.9. The Bertz CT molecular complexity index is 969. The summed E-state index contributed by atoms with van der Waals surface area (Å²) >= 11 is 1.37. The van der Waals surface area contributed by atoms with Gasteiger partial charge in [0.1, 0.15) is 5.75 Å². The lowest BCUT2D eigenvalue weighted by atomic mass is 10.0. The fraction of sp³-hybridized carbons (Fsp3) is 0.318. The second kappa shape index (κ2) is 9.60. The summed E-state index contributed by atoms with van der Waals surface area (Å²) in [5, 5.41) is 12.3. The Kier molecular flexibility index (Phi) is 6.93. The molecule has 0 fully saturated rings. The van der Waals surface area contributed by atoms with Crippen molar-refractivity contribution >= 4 is 17.7 Å². The zero-order chi connectivity index (χ0) is 20.8. The monoisotopic (exact) mass is 410 g/mol. The largest absolute Gasteiger partial charge is 0.496 e. The molecule has 2 aromatic carbocycles. The minimum atomic E-state index is -0.0238. The molecule has 152 valence electrons. The Morgan fingerprint density at radius 2 is 1.90 bits per heavy atom. The number of aromatic nitrogens is 3. The fourth-order valence-electron chi connectivity index (χ4n) is 3.09. The molecule has 1 aromatic heterocycles. The number of rotatable bonds is 8. The van der Waals surface area contributed by atoms with Gasteiger partial charge in [0.15, 0.2) is 11.0 Å². The zero-order valence-electron chi connectivity index (χ0n) is 17.2. The van der Waals surface area contributed by atoms with Crippen LogP contribution in [-0.2, 0) is 11.8 Å². The summed E-state index contributed by atoms with van der Waals surface area (Å²) in [6.07, 6.45) is 0.835. The van der Waals surface area contributed by atoms with Gasteiger partial charge in [-0.2, -0.15) is 0 Å². The van der Waals surface area contributed by atoms with Crippen LogP contribution in [0.3, 0.4) is 0 Å². The standard InChI is InChI=1S/C22H26N4O2S/c1-5-18(16-12-10-15(2)11-13-16)23-20(27)14-29-22-25-24-21(26(22)3)17-8-6-7-9-19(17)28-4/h6-13,18H,5,14H2,1-4H3,(H,23,27)/t18-/m1/s1. The molecule has 3 rings (SSSR count). The molecule has 1 atom stereocenters. The summed E-state index contributed by atoms with van der Waals surface area (Å²) in [4.78, 5) is 12.5. The minimum Gasteiger partial charge on any atom is -0.496 e. The lowest BCUT2D eigenvalue weighted by Crippen LogP contribution is -2.29. The highest BCUT2D eigenvalue weighted by Gasteiger charge is 2.17. The molecule has 7 heteroatoms. The van der Waals surface area contributed by atoms with E-state index in [-0.39, 0.29) is 17.7 Å². The predicted molar refractivity (Wildman–Crippen MR) is 116 cm³/mol. The van der Waals surface area contributed by atoms with Gasteiger partial charge in [0, 0.05) is 7.05 Å². The van der Waals surface area contributed by atoms with Crippen molar-refractivity contribution in [2.24, 2.45) is 7.05 Å². The maximum absolute atomic E-state index is 12.5. The number of benzene rings is 2. The molecule has 0 unspecified atom stereocenters. The van der Waals surface area contributed by atoms with E-state index in [2.05, 4.69) is 53.6 Å². The first-order chi connectivity index (χ1) is 14.0. The van der Waals surface area contributed by atoms with E-state index in [0.29, 0.717) is 11.0 Å². The van der Waals surface area contributed by atoms with Gasteiger partial charge in [0.25, 0.3) is 0 Å². The lowest BCUT2D eigenvalue weighted by Gasteiger charge is -2.17. The van der Waals surface area contributed by atoms with E-state index < -0.39 is 0 Å². The Morgan fingerprint density at radius 3 is 2.59 bits per heavy atom. The molecule has 3 aromatic rings. The molecule has 1 amide bonds. The molecule has 1 heterocycles. The van der Waals surface area contributed by atoms with Crippen molar-refractivity contribution < 1.29 is 9.53 Å². The number of carbonyl (C=O) groups excluding carboxylic acids is 1. The number of nitrogens with zero attached hydrogens (tertiary/aromatic N) is 3. The van der Waals surface area contributed by atoms with Crippen LogP contribution in [0.15, 0.2) is 53.7 Å². The van der Waals surface area contributed by atoms with Crippen LogP contribution in [0.1, 0.15) is 30.5 Å². The topological polar surface area (TPSA) is 69.0 Å². The van der Waals surface area contributed by atoms with Crippen LogP contribution in [0.4, 0.5) is 0 Å². The summed E-state index contributed by atoms with van der Waals surface area (Å²) in [6, 6.07) is 16.0. The molecule has 0 aliphatic heterocycles. The molecule has 0 bridgehead atoms. The van der Waals surface area contributed by atoms with Crippen molar-refractivity contribution in [1.29, 1.82) is 0 Å². The highest BCUT2D eigenvalue weighted by Crippen LogP contribution is 2.30. The highest BCUT2D eigenvalue weighted by molar-refractivity contribution is 7.99. The van der Waals surface area contributed by atoms with Crippen molar-refractivity contribution in [2.75, 3.05) is 12.9 Å². The third-order valence-corrected chi connectivity index (χ3v) is 5.76. The van der Waals surface area contributed by atoms with Crippen molar-refractivity contribution in [3.05, 3.63) is 59.7 Å². The summed E-state index contributed by atoms with van der Waals surface area (Å²) in [6.45, 7) is 4.13. The number of nitrogens with one attached hydrogen (secondary N) is 1. The minimum absolute atomic E-state index is 0.00679. The molecular formula is C22H26N4O2S. The van der Waals surface area contributed by atoms with Gasteiger partial charge >= 0.3 is 0 Å². The number of hydrogen-bond acceptors (Lipinski definition) is 5. The SMILES string of the molecule is CC[C@@H](NC(=O)CSc1nnc(-c2ccccc2OC)n1C)c1ccc(C)cc1. The summed E-state index contributed by atoms with van der Waals surface area (Å²) in [5.41, 5.74) is 3.19. The van der Waals surface area contributed by atoms with Crippen LogP contribution in [0.5, 0.6) is 5.75 Å². The van der Waals surface area contributed by atoms with Gasteiger partial charge in [0.2, 0.25) is 5.91 Å². The molecule has 6 nitrogen and oxygen atoms in total. The molecule has 0 aliphatic carbocycles. The number of aryl methyl sites for hydroxylation is 1. The first-order valence-electron chi connectivity index (χ1n) is 9.55. The van der Waals surface area contributed by atoms with Crippen LogP contribution in [0.2, 0.25) is 0 Å². The number of methoxy groups -OCH3 is 1. The number of para-hydroxylation sites is 1. The maximum Gasteiger partial charge on any atom is 0.230 e. The van der Waals surface area contributed by atoms with Crippen LogP contribution >= 0.6 is 11.8 Å². The molecule has 1 N–H and O–H groups in total. The van der Waals surface area contributed by atoms with E-state index in [4.69, 9.17) is 4.74 Å². The third kappa shape index (κ3) is 4.98. The number of thioether (sulfide) groups is 1. The molecule has 0 radical (unpaired) electrons. The average molecular weight is 411 g/mol. The Labute approximate surface area is 175 Å². The molecule has 0 aliphatic rings. The Hall–Kier alpha value is -2.80. The quantitative estimate of drug-likeness (QED) is 0.565. The van der Waals surface area contributed by atoms with E-state index in [1.807, 2.05) is 35.9 Å². The van der Waals surface area contributed by atoms with Gasteiger partial charge in [-0.15, -0.1) is 10.2 Å². The van der Waals surface area contributed by atoms with E-state index in [1.165, 1.54) is 17.3 Å². The maximum atomic E-state index is 12.5. The van der Waals surface area contributed by atoms with Crippen molar-refractivity contribution in [2.45, 2.75) is 31.5 Å². The predicted octanol–water partition coefficient (Wildman–Crippen LogP) is 4.16. The van der Waals surface area contributed by atoms with Crippen molar-refractivity contribution in [1.82, 2.24) is 20.1 Å². The second-order valence-electron chi connectivity index (χ2n) is 6.79. The van der Waals surface area contributed by atoms with Gasteiger partial charge < -0.3 is 14.6 Å². The first kappa shape index (κ1) is 20.9. The van der Waals surface area contributed by atoms with E-state index >= 15 is 0 Å². The molecule has 0 saturated heterocycles. The second-order valence-corrected chi connectivity index (χ2v) is 7.74. The van der Waals surface area contributed by atoms with Crippen LogP contribution < -0.4 is 10.1 Å². The van der Waals surface area contributed by atoms with Crippen molar-refractivity contribution in [3.63, 3.8) is 0 Å². The fourth-order valence-corrected chi connectivity index (χ4v) is 3.81. The van der Waals surface area contributed by atoms with Crippen LogP contribution in [0, 0.1) is 6.92 Å². The van der Waals surface area contributed by atoms with Gasteiger partial charge in [-0.25, -0.2) is 0 Å². The lowest BCUT2D eigenvalue weighted by molar-refractivity contribution is -0.119. The summed E-state index contributed by atoms with van der Waals surface area (Å²) in [7, 11) is 3.52. The number of carbonyl (C=O) groups is 1. The third-order valence-electron chi connectivity index (χ3n) is 4.74. The molecule has 0 spiro atoms. The van der Waals surface area contributed by atoms with Gasteiger partial charge in [-0.05, 0) is 31.0 Å². The first-order valence-corrected chi connectivity index (χ1v) is 10.5. The summed E-state index contributed by atoms with van der Waals surface area (Å²) < 4.78 is 7.30. The zero-order valence-corrected chi connectivity index (χ0v) is 18.0. The Balaban J connectivity index is 1.65. The van der Waals surface area contributed by atoms with E-state index in [1.54, 1.807) is 7.11 Å². The summed E-state index contributed by atoms with van der Waals surface area (Å²) in [5.74, 6) is 1.70.